The van der Waals surface area contributed by atoms with E-state index in [0.29, 0.717) is 22.6 Å². The number of amides is 2. The van der Waals surface area contributed by atoms with Gasteiger partial charge in [-0.2, -0.15) is 0 Å². The molecule has 0 unspecified atom stereocenters. The topological polar surface area (TPSA) is 61.9 Å². The van der Waals surface area contributed by atoms with Gasteiger partial charge in [-0.3, -0.25) is 9.59 Å². The number of hydrogen-bond acceptors (Lipinski definition) is 5. The summed E-state index contributed by atoms with van der Waals surface area (Å²) >= 11 is 0. The lowest BCUT2D eigenvalue weighted by Crippen LogP contribution is -2.32. The molecule has 1 heterocycles. The summed E-state index contributed by atoms with van der Waals surface area (Å²) in [5, 5.41) is 3.20. The SMILES string of the molecule is COc1ccc(N2C(=O)C(Nc3ccc(N(C)C)cc3)=C(c3ccc(C)cc3)C2=O)cc1. The van der Waals surface area contributed by atoms with Crippen molar-refractivity contribution in [2.75, 3.05) is 36.3 Å². The number of rotatable bonds is 6. The highest BCUT2D eigenvalue weighted by Gasteiger charge is 2.40. The van der Waals surface area contributed by atoms with Crippen LogP contribution in [-0.4, -0.2) is 33.0 Å². The van der Waals surface area contributed by atoms with E-state index < -0.39 is 5.91 Å². The Balaban J connectivity index is 1.76. The van der Waals surface area contributed by atoms with E-state index in [0.717, 1.165) is 16.9 Å². The highest BCUT2D eigenvalue weighted by molar-refractivity contribution is 6.46. The van der Waals surface area contributed by atoms with Crippen molar-refractivity contribution in [2.24, 2.45) is 0 Å². The number of aryl methyl sites for hydroxylation is 1. The van der Waals surface area contributed by atoms with Crippen molar-refractivity contribution in [1.82, 2.24) is 0 Å². The third-order valence-electron chi connectivity index (χ3n) is 5.41. The summed E-state index contributed by atoms with van der Waals surface area (Å²) in [7, 11) is 5.50. The second kappa shape index (κ2) is 8.59. The van der Waals surface area contributed by atoms with Crippen LogP contribution in [0.25, 0.3) is 5.57 Å². The molecule has 0 bridgehead atoms. The van der Waals surface area contributed by atoms with Gasteiger partial charge < -0.3 is 15.0 Å². The number of nitrogens with one attached hydrogen (secondary N) is 1. The molecule has 4 rings (SSSR count). The number of carbonyl (C=O) groups excluding carboxylic acids is 2. The summed E-state index contributed by atoms with van der Waals surface area (Å²) in [4.78, 5) is 30.1. The predicted molar refractivity (Wildman–Crippen MR) is 128 cm³/mol. The molecule has 32 heavy (non-hydrogen) atoms. The van der Waals surface area contributed by atoms with Gasteiger partial charge in [0.2, 0.25) is 0 Å². The summed E-state index contributed by atoms with van der Waals surface area (Å²) in [6.45, 7) is 1.98. The zero-order chi connectivity index (χ0) is 22.8. The van der Waals surface area contributed by atoms with Gasteiger partial charge in [0.25, 0.3) is 11.8 Å². The number of methoxy groups -OCH3 is 1. The number of hydrogen-bond donors (Lipinski definition) is 1. The molecule has 6 nitrogen and oxygen atoms in total. The van der Waals surface area contributed by atoms with E-state index in [1.54, 1.807) is 31.4 Å². The minimum absolute atomic E-state index is 0.257. The molecule has 0 radical (unpaired) electrons. The van der Waals surface area contributed by atoms with Gasteiger partial charge in [0, 0.05) is 25.5 Å². The molecule has 0 aliphatic carbocycles. The first-order chi connectivity index (χ1) is 15.4. The van der Waals surface area contributed by atoms with Crippen LogP contribution in [0.4, 0.5) is 17.1 Å². The van der Waals surface area contributed by atoms with Crippen molar-refractivity contribution in [1.29, 1.82) is 0 Å². The van der Waals surface area contributed by atoms with Crippen LogP contribution in [0, 0.1) is 6.92 Å². The molecule has 1 aliphatic rings. The van der Waals surface area contributed by atoms with E-state index in [-0.39, 0.29) is 11.6 Å². The number of carbonyl (C=O) groups is 2. The Morgan fingerprint density at radius 2 is 1.44 bits per heavy atom. The molecule has 6 heteroatoms. The van der Waals surface area contributed by atoms with Gasteiger partial charge in [0.15, 0.2) is 0 Å². The largest absolute Gasteiger partial charge is 0.497 e. The summed E-state index contributed by atoms with van der Waals surface area (Å²) in [6, 6.07) is 22.2. The van der Waals surface area contributed by atoms with E-state index >= 15 is 0 Å². The van der Waals surface area contributed by atoms with Crippen LogP contribution in [-0.2, 0) is 9.59 Å². The number of anilines is 3. The second-order valence-electron chi connectivity index (χ2n) is 7.83. The molecule has 1 aliphatic heterocycles. The zero-order valence-electron chi connectivity index (χ0n) is 18.5. The standard InChI is InChI=1S/C26H25N3O3/c1-17-5-7-18(8-6-17)23-24(27-19-9-11-20(12-10-19)28(2)3)26(31)29(25(23)30)21-13-15-22(32-4)16-14-21/h5-16,27H,1-4H3. The Morgan fingerprint density at radius 1 is 0.812 bits per heavy atom. The highest BCUT2D eigenvalue weighted by Crippen LogP contribution is 2.34. The number of nitrogens with zero attached hydrogens (tertiary/aromatic N) is 2. The van der Waals surface area contributed by atoms with Crippen LogP contribution >= 0.6 is 0 Å². The van der Waals surface area contributed by atoms with Gasteiger partial charge >= 0.3 is 0 Å². The summed E-state index contributed by atoms with van der Waals surface area (Å²) in [5.41, 5.74) is 4.63. The highest BCUT2D eigenvalue weighted by atomic mass is 16.5. The van der Waals surface area contributed by atoms with Crippen LogP contribution in [0.1, 0.15) is 11.1 Å². The van der Waals surface area contributed by atoms with Crippen LogP contribution in [0.2, 0.25) is 0 Å². The summed E-state index contributed by atoms with van der Waals surface area (Å²) in [6.07, 6.45) is 0. The van der Waals surface area contributed by atoms with Crippen molar-refractivity contribution in [2.45, 2.75) is 6.92 Å². The molecular weight excluding hydrogens is 402 g/mol. The monoisotopic (exact) mass is 427 g/mol. The van der Waals surface area contributed by atoms with Gasteiger partial charge in [-0.25, -0.2) is 4.90 Å². The molecule has 0 spiro atoms. The third kappa shape index (κ3) is 3.95. The van der Waals surface area contributed by atoms with E-state index in [1.807, 2.05) is 74.4 Å². The Morgan fingerprint density at radius 3 is 2.00 bits per heavy atom. The first-order valence-electron chi connectivity index (χ1n) is 10.3. The van der Waals surface area contributed by atoms with E-state index in [2.05, 4.69) is 5.32 Å². The fourth-order valence-corrected chi connectivity index (χ4v) is 3.59. The average Bonchev–Trinajstić information content (AvgIpc) is 3.04. The smallest absolute Gasteiger partial charge is 0.282 e. The molecule has 0 fully saturated rings. The van der Waals surface area contributed by atoms with E-state index in [4.69, 9.17) is 4.74 Å². The minimum Gasteiger partial charge on any atom is -0.497 e. The Hall–Kier alpha value is -4.06. The maximum absolute atomic E-state index is 13.5. The molecule has 0 saturated heterocycles. The molecule has 3 aromatic carbocycles. The van der Waals surface area contributed by atoms with Gasteiger partial charge in [-0.1, -0.05) is 29.8 Å². The number of imide groups is 1. The van der Waals surface area contributed by atoms with Crippen LogP contribution < -0.4 is 19.9 Å². The lowest BCUT2D eigenvalue weighted by Gasteiger charge is -2.16. The van der Waals surface area contributed by atoms with Crippen molar-refractivity contribution >= 4 is 34.4 Å². The fraction of sp³-hybridized carbons (Fsp3) is 0.154. The molecule has 0 aromatic heterocycles. The minimum atomic E-state index is -0.396. The maximum atomic E-state index is 13.5. The van der Waals surface area contributed by atoms with Crippen LogP contribution in [0.3, 0.4) is 0 Å². The number of benzene rings is 3. The molecule has 162 valence electrons. The molecular formula is C26H25N3O3. The molecule has 0 saturated carbocycles. The molecule has 1 N–H and O–H groups in total. The van der Waals surface area contributed by atoms with Crippen molar-refractivity contribution < 1.29 is 14.3 Å². The van der Waals surface area contributed by atoms with E-state index in [9.17, 15) is 9.59 Å². The summed E-state index contributed by atoms with van der Waals surface area (Å²) < 4.78 is 5.20. The normalized spacial score (nSPS) is 13.6. The molecule has 0 atom stereocenters. The third-order valence-corrected chi connectivity index (χ3v) is 5.41. The Kier molecular flexibility index (Phi) is 5.69. The van der Waals surface area contributed by atoms with Gasteiger partial charge in [-0.05, 0) is 61.0 Å². The summed E-state index contributed by atoms with van der Waals surface area (Å²) in [5.74, 6) is -0.109. The average molecular weight is 428 g/mol. The fourth-order valence-electron chi connectivity index (χ4n) is 3.59. The van der Waals surface area contributed by atoms with E-state index in [1.165, 1.54) is 4.90 Å². The van der Waals surface area contributed by atoms with Crippen LogP contribution in [0.15, 0.2) is 78.5 Å². The lowest BCUT2D eigenvalue weighted by molar-refractivity contribution is -0.120. The molecule has 2 amide bonds. The molecule has 3 aromatic rings. The van der Waals surface area contributed by atoms with Gasteiger partial charge in [0.05, 0.1) is 18.4 Å². The predicted octanol–water partition coefficient (Wildman–Crippen LogP) is 4.47. The first kappa shape index (κ1) is 21.2. The second-order valence-corrected chi connectivity index (χ2v) is 7.83. The zero-order valence-corrected chi connectivity index (χ0v) is 18.5. The van der Waals surface area contributed by atoms with Crippen LogP contribution in [0.5, 0.6) is 5.75 Å². The van der Waals surface area contributed by atoms with Gasteiger partial charge in [-0.15, -0.1) is 0 Å². The quantitative estimate of drug-likeness (QED) is 0.589. The van der Waals surface area contributed by atoms with Gasteiger partial charge in [0.1, 0.15) is 11.4 Å². The maximum Gasteiger partial charge on any atom is 0.282 e. The van der Waals surface area contributed by atoms with Crippen molar-refractivity contribution in [3.63, 3.8) is 0 Å². The number of ether oxygens (including phenoxy) is 1. The first-order valence-corrected chi connectivity index (χ1v) is 10.3. The van der Waals surface area contributed by atoms with Crippen molar-refractivity contribution in [3.05, 3.63) is 89.6 Å². The lowest BCUT2D eigenvalue weighted by atomic mass is 10.0. The Bertz CT molecular complexity index is 1180. The van der Waals surface area contributed by atoms with Crippen molar-refractivity contribution in [3.8, 4) is 5.75 Å². The Labute approximate surface area is 187 Å².